The Morgan fingerprint density at radius 3 is 2.43 bits per heavy atom. The van der Waals surface area contributed by atoms with Gasteiger partial charge in [0.25, 0.3) is 0 Å². The number of halogens is 1. The number of esters is 1. The molecule has 0 N–H and O–H groups in total. The molecule has 3 nitrogen and oxygen atoms in total. The largest absolute Gasteiger partial charge is 0.461 e. The van der Waals surface area contributed by atoms with Gasteiger partial charge in [0.2, 0.25) is 0 Å². The van der Waals surface area contributed by atoms with Crippen LogP contribution in [-0.2, 0) is 11.8 Å². The van der Waals surface area contributed by atoms with E-state index in [1.165, 1.54) is 0 Å². The van der Waals surface area contributed by atoms with E-state index in [1.54, 1.807) is 0 Å². The number of carbonyl (C=O) groups excluding carboxylic acids is 1. The highest BCUT2D eigenvalue weighted by atomic mass is 127. The predicted molar refractivity (Wildman–Crippen MR) is 63.6 cm³/mol. The molecule has 1 aromatic heterocycles. The molecule has 0 aliphatic heterocycles. The Bertz CT molecular complexity index is 343. The Labute approximate surface area is 97.6 Å². The van der Waals surface area contributed by atoms with Gasteiger partial charge in [-0.25, -0.2) is 4.79 Å². The maximum Gasteiger partial charge on any atom is 0.355 e. The van der Waals surface area contributed by atoms with Gasteiger partial charge in [0.05, 0.1) is 6.61 Å². The number of nitrogens with zero attached hydrogens (tertiary/aromatic N) is 1. The van der Waals surface area contributed by atoms with Gasteiger partial charge in [-0.1, -0.05) is 0 Å². The standard InChI is InChI=1S/C10H14INO2/c1-5-14-10(13)9-6(2)8(11)7(3)12(9)4/h5H2,1-4H3. The molecule has 1 rings (SSSR count). The van der Waals surface area contributed by atoms with Crippen LogP contribution in [0.5, 0.6) is 0 Å². The molecular formula is C10H14INO2. The second kappa shape index (κ2) is 4.33. The summed E-state index contributed by atoms with van der Waals surface area (Å²) in [5, 5.41) is 0. The summed E-state index contributed by atoms with van der Waals surface area (Å²) < 4.78 is 8.01. The summed E-state index contributed by atoms with van der Waals surface area (Å²) in [6.45, 7) is 6.17. The first kappa shape index (κ1) is 11.6. The van der Waals surface area contributed by atoms with E-state index in [-0.39, 0.29) is 5.97 Å². The van der Waals surface area contributed by atoms with E-state index in [2.05, 4.69) is 22.6 Å². The van der Waals surface area contributed by atoms with Crippen molar-refractivity contribution in [3.63, 3.8) is 0 Å². The van der Waals surface area contributed by atoms with Gasteiger partial charge in [-0.15, -0.1) is 0 Å². The van der Waals surface area contributed by atoms with Crippen molar-refractivity contribution in [3.05, 3.63) is 20.5 Å². The first-order valence-corrected chi connectivity index (χ1v) is 5.57. The van der Waals surface area contributed by atoms with E-state index in [9.17, 15) is 4.79 Å². The highest BCUT2D eigenvalue weighted by molar-refractivity contribution is 14.1. The molecule has 0 fully saturated rings. The highest BCUT2D eigenvalue weighted by Crippen LogP contribution is 2.23. The zero-order valence-electron chi connectivity index (χ0n) is 8.85. The Morgan fingerprint density at radius 2 is 2.07 bits per heavy atom. The third-order valence-electron chi connectivity index (χ3n) is 2.31. The van der Waals surface area contributed by atoms with Crippen LogP contribution in [0.15, 0.2) is 0 Å². The normalized spacial score (nSPS) is 10.4. The zero-order valence-corrected chi connectivity index (χ0v) is 11.0. The van der Waals surface area contributed by atoms with Crippen LogP contribution in [0.4, 0.5) is 0 Å². The predicted octanol–water partition coefficient (Wildman–Crippen LogP) is 2.42. The molecule has 4 heteroatoms. The molecule has 1 heterocycles. The lowest BCUT2D eigenvalue weighted by Crippen LogP contribution is -2.11. The third kappa shape index (κ3) is 1.80. The lowest BCUT2D eigenvalue weighted by atomic mass is 10.2. The topological polar surface area (TPSA) is 31.2 Å². The lowest BCUT2D eigenvalue weighted by molar-refractivity contribution is 0.0514. The summed E-state index contributed by atoms with van der Waals surface area (Å²) in [5.41, 5.74) is 2.77. The van der Waals surface area contributed by atoms with E-state index in [1.807, 2.05) is 32.4 Å². The molecule has 0 spiro atoms. The second-order valence-electron chi connectivity index (χ2n) is 3.15. The van der Waals surface area contributed by atoms with Crippen molar-refractivity contribution in [2.24, 2.45) is 7.05 Å². The van der Waals surface area contributed by atoms with Crippen molar-refractivity contribution in [1.82, 2.24) is 4.57 Å². The number of aromatic nitrogens is 1. The molecule has 0 aliphatic rings. The summed E-state index contributed by atoms with van der Waals surface area (Å²) >= 11 is 2.25. The monoisotopic (exact) mass is 307 g/mol. The summed E-state index contributed by atoms with van der Waals surface area (Å²) in [5.74, 6) is -0.237. The maximum absolute atomic E-state index is 11.6. The summed E-state index contributed by atoms with van der Waals surface area (Å²) in [7, 11) is 1.89. The van der Waals surface area contributed by atoms with Crippen LogP contribution in [0, 0.1) is 17.4 Å². The fourth-order valence-corrected chi connectivity index (χ4v) is 2.05. The lowest BCUT2D eigenvalue weighted by Gasteiger charge is -2.05. The van der Waals surface area contributed by atoms with E-state index >= 15 is 0 Å². The van der Waals surface area contributed by atoms with Crippen LogP contribution < -0.4 is 0 Å². The number of hydrogen-bond donors (Lipinski definition) is 0. The smallest absolute Gasteiger partial charge is 0.355 e. The van der Waals surface area contributed by atoms with E-state index in [0.717, 1.165) is 14.8 Å². The molecule has 0 radical (unpaired) electrons. The zero-order chi connectivity index (χ0) is 10.9. The average molecular weight is 307 g/mol. The van der Waals surface area contributed by atoms with Gasteiger partial charge in [0.1, 0.15) is 5.69 Å². The van der Waals surface area contributed by atoms with Crippen molar-refractivity contribution in [2.45, 2.75) is 20.8 Å². The van der Waals surface area contributed by atoms with Gasteiger partial charge < -0.3 is 9.30 Å². The van der Waals surface area contributed by atoms with Crippen molar-refractivity contribution in [1.29, 1.82) is 0 Å². The van der Waals surface area contributed by atoms with Gasteiger partial charge in [0.15, 0.2) is 0 Å². The summed E-state index contributed by atoms with van der Waals surface area (Å²) in [4.78, 5) is 11.6. The molecule has 0 unspecified atom stereocenters. The van der Waals surface area contributed by atoms with Gasteiger partial charge in [0, 0.05) is 16.3 Å². The quantitative estimate of drug-likeness (QED) is 0.621. The highest BCUT2D eigenvalue weighted by Gasteiger charge is 2.19. The first-order chi connectivity index (χ1) is 6.50. The molecule has 0 saturated heterocycles. The van der Waals surface area contributed by atoms with Gasteiger partial charge >= 0.3 is 5.97 Å². The molecule has 0 saturated carbocycles. The molecule has 0 amide bonds. The van der Waals surface area contributed by atoms with E-state index in [4.69, 9.17) is 4.74 Å². The van der Waals surface area contributed by atoms with Crippen molar-refractivity contribution in [2.75, 3.05) is 6.61 Å². The first-order valence-electron chi connectivity index (χ1n) is 4.49. The fourth-order valence-electron chi connectivity index (χ4n) is 1.43. The van der Waals surface area contributed by atoms with E-state index < -0.39 is 0 Å². The molecule has 78 valence electrons. The molecule has 0 bridgehead atoms. The molecule has 0 aromatic carbocycles. The number of ether oxygens (including phenoxy) is 1. The Balaban J connectivity index is 3.21. The van der Waals surface area contributed by atoms with Crippen LogP contribution in [0.25, 0.3) is 0 Å². The van der Waals surface area contributed by atoms with Crippen LogP contribution in [-0.4, -0.2) is 17.1 Å². The SMILES string of the molecule is CCOC(=O)c1c(C)c(I)c(C)n1C. The van der Waals surface area contributed by atoms with Crippen LogP contribution >= 0.6 is 22.6 Å². The number of hydrogen-bond acceptors (Lipinski definition) is 2. The van der Waals surface area contributed by atoms with Crippen LogP contribution in [0.2, 0.25) is 0 Å². The summed E-state index contributed by atoms with van der Waals surface area (Å²) in [6, 6.07) is 0. The number of carbonyl (C=O) groups is 1. The van der Waals surface area contributed by atoms with Crippen molar-refractivity contribution < 1.29 is 9.53 Å². The van der Waals surface area contributed by atoms with Crippen LogP contribution in [0.3, 0.4) is 0 Å². The van der Waals surface area contributed by atoms with Crippen LogP contribution in [0.1, 0.15) is 28.7 Å². The van der Waals surface area contributed by atoms with E-state index in [0.29, 0.717) is 12.3 Å². The van der Waals surface area contributed by atoms with Crippen molar-refractivity contribution >= 4 is 28.6 Å². The Kier molecular flexibility index (Phi) is 3.58. The van der Waals surface area contributed by atoms with Gasteiger partial charge in [-0.2, -0.15) is 0 Å². The number of rotatable bonds is 2. The molecule has 1 aromatic rings. The molecule has 0 aliphatic carbocycles. The van der Waals surface area contributed by atoms with Gasteiger partial charge in [-0.05, 0) is 48.9 Å². The van der Waals surface area contributed by atoms with Crippen molar-refractivity contribution in [3.8, 4) is 0 Å². The molecule has 14 heavy (non-hydrogen) atoms. The minimum atomic E-state index is -0.237. The third-order valence-corrected chi connectivity index (χ3v) is 3.90. The minimum Gasteiger partial charge on any atom is -0.461 e. The average Bonchev–Trinajstić information content (AvgIpc) is 2.32. The minimum absolute atomic E-state index is 0.237. The van der Waals surface area contributed by atoms with Gasteiger partial charge in [-0.3, -0.25) is 0 Å². The second-order valence-corrected chi connectivity index (χ2v) is 4.23. The maximum atomic E-state index is 11.6. The Hall–Kier alpha value is -0.520. The Morgan fingerprint density at radius 1 is 1.50 bits per heavy atom. The fraction of sp³-hybridized carbons (Fsp3) is 0.500. The summed E-state index contributed by atoms with van der Waals surface area (Å²) in [6.07, 6.45) is 0. The molecular weight excluding hydrogens is 293 g/mol. The molecule has 0 atom stereocenters.